The smallest absolute Gasteiger partial charge is 0.0195 e. The van der Waals surface area contributed by atoms with E-state index in [-0.39, 0.29) is 0 Å². The Labute approximate surface area is 88.2 Å². The maximum atomic E-state index is 5.64. The Morgan fingerprint density at radius 1 is 1.43 bits per heavy atom. The quantitative estimate of drug-likeness (QED) is 0.720. The normalized spacial score (nSPS) is 27.9. The zero-order valence-electron chi connectivity index (χ0n) is 9.87. The standard InChI is InChI=1S/C11H25N3/c1-4-14-6-5-13(9-11(14)3)8-10(2)7-12/h10-11H,4-9,12H2,1-3H3. The Morgan fingerprint density at radius 2 is 2.14 bits per heavy atom. The van der Waals surface area contributed by atoms with Crippen LogP contribution in [0.2, 0.25) is 0 Å². The summed E-state index contributed by atoms with van der Waals surface area (Å²) in [4.78, 5) is 5.10. The number of nitrogens with zero attached hydrogens (tertiary/aromatic N) is 2. The molecule has 3 heteroatoms. The second-order valence-electron chi connectivity index (χ2n) is 4.58. The topological polar surface area (TPSA) is 32.5 Å². The molecule has 0 aromatic heterocycles. The molecular formula is C11H25N3. The van der Waals surface area contributed by atoms with E-state index >= 15 is 0 Å². The summed E-state index contributed by atoms with van der Waals surface area (Å²) in [6.45, 7) is 13.6. The monoisotopic (exact) mass is 199 g/mol. The largest absolute Gasteiger partial charge is 0.330 e. The molecule has 0 bridgehead atoms. The van der Waals surface area contributed by atoms with Gasteiger partial charge in [0.25, 0.3) is 0 Å². The lowest BCUT2D eigenvalue weighted by molar-refractivity contribution is 0.0796. The molecule has 1 rings (SSSR count). The molecule has 1 heterocycles. The molecule has 1 aliphatic heterocycles. The maximum absolute atomic E-state index is 5.64. The van der Waals surface area contributed by atoms with Crippen LogP contribution in [0.3, 0.4) is 0 Å². The maximum Gasteiger partial charge on any atom is 0.0195 e. The minimum absolute atomic E-state index is 0.635. The van der Waals surface area contributed by atoms with Gasteiger partial charge in [-0.3, -0.25) is 4.90 Å². The van der Waals surface area contributed by atoms with Crippen LogP contribution in [0.4, 0.5) is 0 Å². The van der Waals surface area contributed by atoms with E-state index in [1.54, 1.807) is 0 Å². The van der Waals surface area contributed by atoms with Crippen molar-refractivity contribution in [3.8, 4) is 0 Å². The molecule has 3 nitrogen and oxygen atoms in total. The molecule has 2 unspecified atom stereocenters. The zero-order chi connectivity index (χ0) is 10.6. The predicted octanol–water partition coefficient (Wildman–Crippen LogP) is 0.607. The van der Waals surface area contributed by atoms with Gasteiger partial charge in [-0.05, 0) is 25.9 Å². The minimum Gasteiger partial charge on any atom is -0.330 e. The van der Waals surface area contributed by atoms with Crippen molar-refractivity contribution in [1.82, 2.24) is 9.80 Å². The molecule has 0 aromatic carbocycles. The molecule has 0 aromatic rings. The molecule has 2 N–H and O–H groups in total. The third-order valence-electron chi connectivity index (χ3n) is 3.23. The molecule has 0 radical (unpaired) electrons. The highest BCUT2D eigenvalue weighted by atomic mass is 15.3. The van der Waals surface area contributed by atoms with E-state index in [0.29, 0.717) is 12.0 Å². The van der Waals surface area contributed by atoms with Crippen LogP contribution < -0.4 is 5.73 Å². The van der Waals surface area contributed by atoms with E-state index in [1.165, 1.54) is 32.7 Å². The zero-order valence-corrected chi connectivity index (χ0v) is 9.87. The lowest BCUT2D eigenvalue weighted by Crippen LogP contribution is -2.52. The lowest BCUT2D eigenvalue weighted by Gasteiger charge is -2.40. The Bertz CT molecular complexity index is 161. The second-order valence-corrected chi connectivity index (χ2v) is 4.58. The summed E-state index contributed by atoms with van der Waals surface area (Å²) in [7, 11) is 0. The first kappa shape index (κ1) is 12.0. The van der Waals surface area contributed by atoms with Crippen molar-refractivity contribution >= 4 is 0 Å². The van der Waals surface area contributed by atoms with Gasteiger partial charge in [-0.1, -0.05) is 13.8 Å². The molecule has 0 aliphatic carbocycles. The average Bonchev–Trinajstić information content (AvgIpc) is 2.18. The molecule has 2 atom stereocenters. The lowest BCUT2D eigenvalue weighted by atomic mass is 10.1. The predicted molar refractivity (Wildman–Crippen MR) is 61.4 cm³/mol. The van der Waals surface area contributed by atoms with Gasteiger partial charge in [0.1, 0.15) is 0 Å². The van der Waals surface area contributed by atoms with Crippen LogP contribution in [0.25, 0.3) is 0 Å². The van der Waals surface area contributed by atoms with Crippen molar-refractivity contribution in [2.75, 3.05) is 39.3 Å². The summed E-state index contributed by atoms with van der Waals surface area (Å²) < 4.78 is 0. The number of nitrogens with two attached hydrogens (primary N) is 1. The molecule has 0 saturated carbocycles. The van der Waals surface area contributed by atoms with Gasteiger partial charge in [0.15, 0.2) is 0 Å². The molecule has 0 amide bonds. The van der Waals surface area contributed by atoms with E-state index in [9.17, 15) is 0 Å². The first-order valence-electron chi connectivity index (χ1n) is 5.83. The number of likely N-dealkylation sites (N-methyl/N-ethyl adjacent to an activating group) is 1. The molecule has 0 spiro atoms. The first-order valence-corrected chi connectivity index (χ1v) is 5.83. The minimum atomic E-state index is 0.635. The van der Waals surface area contributed by atoms with Gasteiger partial charge in [-0.15, -0.1) is 0 Å². The van der Waals surface area contributed by atoms with Crippen molar-refractivity contribution in [3.63, 3.8) is 0 Å². The van der Waals surface area contributed by atoms with Crippen LogP contribution in [-0.4, -0.2) is 55.1 Å². The number of hydrogen-bond acceptors (Lipinski definition) is 3. The van der Waals surface area contributed by atoms with Gasteiger partial charge in [0.2, 0.25) is 0 Å². The molecule has 1 aliphatic rings. The highest BCUT2D eigenvalue weighted by molar-refractivity contribution is 4.79. The summed E-state index contributed by atoms with van der Waals surface area (Å²) in [5, 5.41) is 0. The fourth-order valence-corrected chi connectivity index (χ4v) is 2.22. The molecular weight excluding hydrogens is 174 g/mol. The number of piperazine rings is 1. The van der Waals surface area contributed by atoms with Crippen LogP contribution in [0.15, 0.2) is 0 Å². The summed E-state index contributed by atoms with van der Waals surface area (Å²) in [6, 6.07) is 0.707. The third-order valence-corrected chi connectivity index (χ3v) is 3.23. The van der Waals surface area contributed by atoms with Crippen LogP contribution >= 0.6 is 0 Å². The number of hydrogen-bond donors (Lipinski definition) is 1. The van der Waals surface area contributed by atoms with Gasteiger partial charge in [0, 0.05) is 32.2 Å². The van der Waals surface area contributed by atoms with Crippen LogP contribution in [0, 0.1) is 5.92 Å². The fraction of sp³-hybridized carbons (Fsp3) is 1.00. The second kappa shape index (κ2) is 5.69. The van der Waals surface area contributed by atoms with Gasteiger partial charge >= 0.3 is 0 Å². The molecule has 1 fully saturated rings. The van der Waals surface area contributed by atoms with Gasteiger partial charge in [-0.25, -0.2) is 0 Å². The number of rotatable bonds is 4. The van der Waals surface area contributed by atoms with E-state index < -0.39 is 0 Å². The van der Waals surface area contributed by atoms with Crippen LogP contribution in [-0.2, 0) is 0 Å². The Morgan fingerprint density at radius 3 is 2.64 bits per heavy atom. The average molecular weight is 199 g/mol. The van der Waals surface area contributed by atoms with Crippen molar-refractivity contribution in [1.29, 1.82) is 0 Å². The van der Waals surface area contributed by atoms with Gasteiger partial charge in [-0.2, -0.15) is 0 Å². The molecule has 84 valence electrons. The highest BCUT2D eigenvalue weighted by Crippen LogP contribution is 2.10. The van der Waals surface area contributed by atoms with E-state index in [2.05, 4.69) is 30.6 Å². The Balaban J connectivity index is 2.31. The summed E-state index contributed by atoms with van der Waals surface area (Å²) >= 11 is 0. The van der Waals surface area contributed by atoms with Gasteiger partial charge < -0.3 is 10.6 Å². The van der Waals surface area contributed by atoms with Crippen molar-refractivity contribution < 1.29 is 0 Å². The third kappa shape index (κ3) is 3.23. The van der Waals surface area contributed by atoms with Crippen LogP contribution in [0.1, 0.15) is 20.8 Å². The first-order chi connectivity index (χ1) is 6.67. The van der Waals surface area contributed by atoms with Gasteiger partial charge in [0.05, 0.1) is 0 Å². The van der Waals surface area contributed by atoms with Crippen molar-refractivity contribution in [2.24, 2.45) is 11.7 Å². The highest BCUT2D eigenvalue weighted by Gasteiger charge is 2.22. The van der Waals surface area contributed by atoms with E-state index in [1.807, 2.05) is 0 Å². The molecule has 1 saturated heterocycles. The van der Waals surface area contributed by atoms with Crippen molar-refractivity contribution in [2.45, 2.75) is 26.8 Å². The van der Waals surface area contributed by atoms with Crippen LogP contribution in [0.5, 0.6) is 0 Å². The fourth-order valence-electron chi connectivity index (χ4n) is 2.22. The van der Waals surface area contributed by atoms with E-state index in [0.717, 1.165) is 6.54 Å². The summed E-state index contributed by atoms with van der Waals surface area (Å²) in [5.74, 6) is 0.635. The Kier molecular flexibility index (Phi) is 4.85. The SMILES string of the molecule is CCN1CCN(CC(C)CN)CC1C. The summed E-state index contributed by atoms with van der Waals surface area (Å²) in [6.07, 6.45) is 0. The Hall–Kier alpha value is -0.120. The van der Waals surface area contributed by atoms with E-state index in [4.69, 9.17) is 5.73 Å². The van der Waals surface area contributed by atoms with Crippen molar-refractivity contribution in [3.05, 3.63) is 0 Å². The molecule has 14 heavy (non-hydrogen) atoms. The summed E-state index contributed by atoms with van der Waals surface area (Å²) in [5.41, 5.74) is 5.64.